The zero-order valence-corrected chi connectivity index (χ0v) is 8.64. The Morgan fingerprint density at radius 3 is 2.67 bits per heavy atom. The molecule has 4 heteroatoms. The van der Waals surface area contributed by atoms with Crippen molar-refractivity contribution in [2.24, 2.45) is 5.73 Å². The van der Waals surface area contributed by atoms with Crippen molar-refractivity contribution in [1.82, 2.24) is 5.06 Å². The van der Waals surface area contributed by atoms with Gasteiger partial charge in [-0.05, 0) is 12.5 Å². The van der Waals surface area contributed by atoms with Gasteiger partial charge in [-0.2, -0.15) is 0 Å². The Morgan fingerprint density at radius 2 is 2.13 bits per heavy atom. The Kier molecular flexibility index (Phi) is 2.70. The standard InChI is InChI=1S/C11H14N2O2/c1-8-2-4-9(5-3-8)6-13-11(14)10(12)7-15-13/h2-5,10H,6-7,12H2,1H3/t10-/m1/s1. The fourth-order valence-electron chi connectivity index (χ4n) is 1.47. The number of rotatable bonds is 2. The van der Waals surface area contributed by atoms with Crippen LogP contribution in [0.3, 0.4) is 0 Å². The molecule has 1 fully saturated rings. The van der Waals surface area contributed by atoms with Gasteiger partial charge < -0.3 is 5.73 Å². The highest BCUT2D eigenvalue weighted by Crippen LogP contribution is 2.12. The third-order valence-corrected chi connectivity index (χ3v) is 2.42. The molecule has 0 unspecified atom stereocenters. The van der Waals surface area contributed by atoms with E-state index in [1.54, 1.807) is 0 Å². The van der Waals surface area contributed by atoms with Gasteiger partial charge in [0.1, 0.15) is 6.04 Å². The molecular formula is C11H14N2O2. The molecule has 2 rings (SSSR count). The van der Waals surface area contributed by atoms with E-state index in [9.17, 15) is 4.79 Å². The summed E-state index contributed by atoms with van der Waals surface area (Å²) in [6, 6.07) is 7.48. The molecule has 1 amide bonds. The van der Waals surface area contributed by atoms with Crippen LogP contribution in [0, 0.1) is 6.92 Å². The maximum atomic E-state index is 11.5. The maximum absolute atomic E-state index is 11.5. The van der Waals surface area contributed by atoms with Crippen molar-refractivity contribution in [3.05, 3.63) is 35.4 Å². The first-order chi connectivity index (χ1) is 7.16. The molecule has 0 spiro atoms. The molecule has 80 valence electrons. The lowest BCUT2D eigenvalue weighted by molar-refractivity contribution is -0.164. The van der Waals surface area contributed by atoms with Gasteiger partial charge in [0.25, 0.3) is 5.91 Å². The third kappa shape index (κ3) is 2.16. The van der Waals surface area contributed by atoms with Crippen LogP contribution >= 0.6 is 0 Å². The molecule has 1 aromatic carbocycles. The Balaban J connectivity index is 2.03. The van der Waals surface area contributed by atoms with Crippen molar-refractivity contribution < 1.29 is 9.63 Å². The van der Waals surface area contributed by atoms with E-state index < -0.39 is 6.04 Å². The number of amides is 1. The summed E-state index contributed by atoms with van der Waals surface area (Å²) in [6.07, 6.45) is 0. The smallest absolute Gasteiger partial charge is 0.265 e. The van der Waals surface area contributed by atoms with E-state index in [4.69, 9.17) is 10.6 Å². The van der Waals surface area contributed by atoms with Crippen LogP contribution in [0.15, 0.2) is 24.3 Å². The minimum atomic E-state index is -0.504. The van der Waals surface area contributed by atoms with Gasteiger partial charge in [0.2, 0.25) is 0 Å². The van der Waals surface area contributed by atoms with Gasteiger partial charge in [0, 0.05) is 0 Å². The van der Waals surface area contributed by atoms with Crippen molar-refractivity contribution in [3.8, 4) is 0 Å². The van der Waals surface area contributed by atoms with E-state index in [1.165, 1.54) is 10.6 Å². The predicted octanol–water partition coefficient (Wildman–Crippen LogP) is 0.596. The second-order valence-corrected chi connectivity index (χ2v) is 3.76. The number of nitrogens with two attached hydrogens (primary N) is 1. The molecule has 0 bridgehead atoms. The average molecular weight is 206 g/mol. The summed E-state index contributed by atoms with van der Waals surface area (Å²) in [6.45, 7) is 2.77. The number of nitrogens with zero attached hydrogens (tertiary/aromatic N) is 1. The first-order valence-electron chi connectivity index (χ1n) is 4.92. The highest BCUT2D eigenvalue weighted by molar-refractivity contribution is 5.82. The topological polar surface area (TPSA) is 55.6 Å². The van der Waals surface area contributed by atoms with Crippen LogP contribution in [0.25, 0.3) is 0 Å². The fraction of sp³-hybridized carbons (Fsp3) is 0.364. The lowest BCUT2D eigenvalue weighted by atomic mass is 10.1. The Bertz CT molecular complexity index is 361. The van der Waals surface area contributed by atoms with Gasteiger partial charge in [-0.25, -0.2) is 5.06 Å². The number of hydrogen-bond donors (Lipinski definition) is 1. The van der Waals surface area contributed by atoms with Gasteiger partial charge in [0.15, 0.2) is 0 Å². The van der Waals surface area contributed by atoms with E-state index in [0.29, 0.717) is 6.54 Å². The maximum Gasteiger partial charge on any atom is 0.265 e. The van der Waals surface area contributed by atoms with Crippen molar-refractivity contribution in [3.63, 3.8) is 0 Å². The van der Waals surface area contributed by atoms with Crippen LogP contribution in [0.2, 0.25) is 0 Å². The molecule has 1 atom stereocenters. The molecule has 1 aliphatic rings. The summed E-state index contributed by atoms with van der Waals surface area (Å²) >= 11 is 0. The van der Waals surface area contributed by atoms with Crippen LogP contribution in [-0.4, -0.2) is 23.6 Å². The lowest BCUT2D eigenvalue weighted by Crippen LogP contribution is -2.34. The molecule has 0 radical (unpaired) electrons. The summed E-state index contributed by atoms with van der Waals surface area (Å²) in [5, 5.41) is 1.33. The van der Waals surface area contributed by atoms with Gasteiger partial charge in [-0.1, -0.05) is 29.8 Å². The van der Waals surface area contributed by atoms with E-state index in [0.717, 1.165) is 5.56 Å². The molecule has 0 saturated carbocycles. The van der Waals surface area contributed by atoms with Crippen LogP contribution in [0.5, 0.6) is 0 Å². The molecule has 0 aromatic heterocycles. The molecule has 1 aliphatic heterocycles. The van der Waals surface area contributed by atoms with Crippen LogP contribution < -0.4 is 5.73 Å². The monoisotopic (exact) mass is 206 g/mol. The highest BCUT2D eigenvalue weighted by Gasteiger charge is 2.29. The average Bonchev–Trinajstić information content (AvgIpc) is 2.53. The van der Waals surface area contributed by atoms with Crippen LogP contribution in [-0.2, 0) is 16.2 Å². The van der Waals surface area contributed by atoms with Crippen molar-refractivity contribution in [2.75, 3.05) is 6.61 Å². The lowest BCUT2D eigenvalue weighted by Gasteiger charge is -2.13. The van der Waals surface area contributed by atoms with Gasteiger partial charge in [-0.3, -0.25) is 9.63 Å². The normalized spacial score (nSPS) is 21.1. The molecule has 1 saturated heterocycles. The number of aryl methyl sites for hydroxylation is 1. The van der Waals surface area contributed by atoms with E-state index in [-0.39, 0.29) is 12.5 Å². The Morgan fingerprint density at radius 1 is 1.47 bits per heavy atom. The predicted molar refractivity (Wildman–Crippen MR) is 55.7 cm³/mol. The van der Waals surface area contributed by atoms with E-state index in [2.05, 4.69) is 0 Å². The van der Waals surface area contributed by atoms with Gasteiger partial charge in [-0.15, -0.1) is 0 Å². The minimum absolute atomic E-state index is 0.143. The second-order valence-electron chi connectivity index (χ2n) is 3.76. The summed E-state index contributed by atoms with van der Waals surface area (Å²) in [5.41, 5.74) is 7.77. The summed E-state index contributed by atoms with van der Waals surface area (Å²) in [5.74, 6) is -0.143. The first-order valence-corrected chi connectivity index (χ1v) is 4.92. The first kappa shape index (κ1) is 10.1. The Labute approximate surface area is 88.6 Å². The van der Waals surface area contributed by atoms with Gasteiger partial charge >= 0.3 is 0 Å². The SMILES string of the molecule is Cc1ccc(CN2OC[C@@H](N)C2=O)cc1. The highest BCUT2D eigenvalue weighted by atomic mass is 16.7. The van der Waals surface area contributed by atoms with Crippen molar-refractivity contribution in [1.29, 1.82) is 0 Å². The number of hydroxylamine groups is 2. The third-order valence-electron chi connectivity index (χ3n) is 2.42. The zero-order chi connectivity index (χ0) is 10.8. The molecule has 15 heavy (non-hydrogen) atoms. The Hall–Kier alpha value is -1.39. The summed E-state index contributed by atoms with van der Waals surface area (Å²) in [4.78, 5) is 16.6. The van der Waals surface area contributed by atoms with Crippen LogP contribution in [0.4, 0.5) is 0 Å². The molecular weight excluding hydrogens is 192 g/mol. The van der Waals surface area contributed by atoms with Crippen molar-refractivity contribution >= 4 is 5.91 Å². The molecule has 1 aromatic rings. The fourth-order valence-corrected chi connectivity index (χ4v) is 1.47. The molecule has 1 heterocycles. The second kappa shape index (κ2) is 4.00. The van der Waals surface area contributed by atoms with E-state index >= 15 is 0 Å². The zero-order valence-electron chi connectivity index (χ0n) is 8.64. The number of hydrogen-bond acceptors (Lipinski definition) is 3. The van der Waals surface area contributed by atoms with Crippen molar-refractivity contribution in [2.45, 2.75) is 19.5 Å². The minimum Gasteiger partial charge on any atom is -0.318 e. The number of benzene rings is 1. The van der Waals surface area contributed by atoms with Gasteiger partial charge in [0.05, 0.1) is 13.2 Å². The van der Waals surface area contributed by atoms with Crippen LogP contribution in [0.1, 0.15) is 11.1 Å². The van der Waals surface area contributed by atoms with E-state index in [1.807, 2.05) is 31.2 Å². The number of carbonyl (C=O) groups excluding carboxylic acids is 1. The largest absolute Gasteiger partial charge is 0.318 e. The number of carbonyl (C=O) groups is 1. The summed E-state index contributed by atoms with van der Waals surface area (Å²) < 4.78 is 0. The molecule has 2 N–H and O–H groups in total. The molecule has 0 aliphatic carbocycles. The quantitative estimate of drug-likeness (QED) is 0.770. The summed E-state index contributed by atoms with van der Waals surface area (Å²) in [7, 11) is 0. The molecule has 4 nitrogen and oxygen atoms in total.